The SMILES string of the molecule is CN1CCC/C1=N\S(=O)(=O)c1cccc(NC(=O)C2(c3cccc(F)c3)CCCC2)c1. The van der Waals surface area contributed by atoms with Gasteiger partial charge in [0.05, 0.1) is 10.3 Å². The number of sulfonamides is 1. The Labute approximate surface area is 182 Å². The van der Waals surface area contributed by atoms with Crippen LogP contribution in [0.5, 0.6) is 0 Å². The molecule has 2 fully saturated rings. The van der Waals surface area contributed by atoms with Gasteiger partial charge in [-0.2, -0.15) is 8.42 Å². The zero-order chi connectivity index (χ0) is 22.1. The third-order valence-electron chi connectivity index (χ3n) is 6.22. The average molecular weight is 444 g/mol. The maximum Gasteiger partial charge on any atom is 0.284 e. The summed E-state index contributed by atoms with van der Waals surface area (Å²) in [4.78, 5) is 15.2. The van der Waals surface area contributed by atoms with Gasteiger partial charge in [-0.25, -0.2) is 4.39 Å². The van der Waals surface area contributed by atoms with Gasteiger partial charge in [-0.15, -0.1) is 4.40 Å². The predicted molar refractivity (Wildman–Crippen MR) is 118 cm³/mol. The first-order chi connectivity index (χ1) is 14.8. The summed E-state index contributed by atoms with van der Waals surface area (Å²) in [6.45, 7) is 0.784. The number of likely N-dealkylation sites (tertiary alicyclic amines) is 1. The Hall–Kier alpha value is -2.74. The summed E-state index contributed by atoms with van der Waals surface area (Å²) in [7, 11) is -2.06. The summed E-state index contributed by atoms with van der Waals surface area (Å²) in [5.41, 5.74) is 0.222. The number of hydrogen-bond donors (Lipinski definition) is 1. The van der Waals surface area contributed by atoms with Crippen LogP contribution in [0.2, 0.25) is 0 Å². The predicted octanol–water partition coefficient (Wildman–Crippen LogP) is 4.09. The molecule has 6 nitrogen and oxygen atoms in total. The number of halogens is 1. The molecule has 8 heteroatoms. The van der Waals surface area contributed by atoms with E-state index in [1.165, 1.54) is 24.3 Å². The largest absolute Gasteiger partial charge is 0.362 e. The van der Waals surface area contributed by atoms with Crippen LogP contribution in [0.3, 0.4) is 0 Å². The normalized spacial score (nSPS) is 19.7. The van der Waals surface area contributed by atoms with Crippen molar-refractivity contribution >= 4 is 27.5 Å². The van der Waals surface area contributed by atoms with Crippen molar-refractivity contribution in [3.05, 3.63) is 59.9 Å². The van der Waals surface area contributed by atoms with Crippen molar-refractivity contribution in [2.45, 2.75) is 48.8 Å². The fourth-order valence-electron chi connectivity index (χ4n) is 4.50. The maximum absolute atomic E-state index is 13.8. The van der Waals surface area contributed by atoms with Crippen LogP contribution in [-0.4, -0.2) is 38.7 Å². The van der Waals surface area contributed by atoms with Crippen molar-refractivity contribution < 1.29 is 17.6 Å². The molecule has 31 heavy (non-hydrogen) atoms. The molecule has 2 aromatic carbocycles. The van der Waals surface area contributed by atoms with Gasteiger partial charge in [0.15, 0.2) is 0 Å². The highest BCUT2D eigenvalue weighted by molar-refractivity contribution is 7.90. The Balaban J connectivity index is 1.60. The third-order valence-corrected chi connectivity index (χ3v) is 7.52. The van der Waals surface area contributed by atoms with Crippen molar-refractivity contribution in [1.82, 2.24) is 4.90 Å². The van der Waals surface area contributed by atoms with Crippen molar-refractivity contribution in [2.75, 3.05) is 18.9 Å². The van der Waals surface area contributed by atoms with E-state index in [0.717, 1.165) is 25.8 Å². The molecular formula is C23H26FN3O3S. The zero-order valence-electron chi connectivity index (χ0n) is 17.5. The van der Waals surface area contributed by atoms with Crippen molar-refractivity contribution in [3.8, 4) is 0 Å². The number of carbonyl (C=O) groups excluding carboxylic acids is 1. The van der Waals surface area contributed by atoms with Crippen LogP contribution >= 0.6 is 0 Å². The molecule has 0 aromatic heterocycles. The third kappa shape index (κ3) is 4.35. The fourth-order valence-corrected chi connectivity index (χ4v) is 5.64. The van der Waals surface area contributed by atoms with E-state index in [1.54, 1.807) is 24.3 Å². The van der Waals surface area contributed by atoms with Crippen LogP contribution in [0.4, 0.5) is 10.1 Å². The topological polar surface area (TPSA) is 78.8 Å². The van der Waals surface area contributed by atoms with Crippen LogP contribution in [0.15, 0.2) is 57.8 Å². The second-order valence-corrected chi connectivity index (χ2v) is 9.89. The number of amides is 1. The number of amidine groups is 1. The molecule has 1 N–H and O–H groups in total. The standard InChI is InChI=1S/C23H26FN3O3S/c1-27-14-6-11-21(27)26-31(29,30)20-10-5-9-19(16-20)25-22(28)23(12-2-3-13-23)17-7-4-8-18(24)15-17/h4-5,7-10,15-16H,2-3,6,11-14H2,1H3,(H,25,28)/b26-21+. The highest BCUT2D eigenvalue weighted by Gasteiger charge is 2.43. The molecule has 4 rings (SSSR count). The van der Waals surface area contributed by atoms with Gasteiger partial charge in [0.1, 0.15) is 11.7 Å². The molecule has 2 aromatic rings. The molecular weight excluding hydrogens is 417 g/mol. The van der Waals surface area contributed by atoms with E-state index in [0.29, 0.717) is 36.3 Å². The molecule has 1 aliphatic heterocycles. The maximum atomic E-state index is 13.8. The lowest BCUT2D eigenvalue weighted by atomic mass is 9.78. The molecule has 0 unspecified atom stereocenters. The summed E-state index contributed by atoms with van der Waals surface area (Å²) in [6.07, 6.45) is 4.51. The minimum Gasteiger partial charge on any atom is -0.362 e. The molecule has 0 spiro atoms. The van der Waals surface area contributed by atoms with Gasteiger partial charge >= 0.3 is 0 Å². The van der Waals surface area contributed by atoms with Gasteiger partial charge < -0.3 is 10.2 Å². The molecule has 1 aliphatic carbocycles. The summed E-state index contributed by atoms with van der Waals surface area (Å²) in [5.74, 6) is -0.0712. The second kappa shape index (κ2) is 8.42. The molecule has 1 saturated heterocycles. The molecule has 0 bridgehead atoms. The average Bonchev–Trinajstić information content (AvgIpc) is 3.38. The number of anilines is 1. The van der Waals surface area contributed by atoms with E-state index in [9.17, 15) is 17.6 Å². The van der Waals surface area contributed by atoms with Crippen LogP contribution in [0.1, 0.15) is 44.1 Å². The summed E-state index contributed by atoms with van der Waals surface area (Å²) < 4.78 is 43.4. The molecule has 2 aliphatic rings. The van der Waals surface area contributed by atoms with E-state index >= 15 is 0 Å². The van der Waals surface area contributed by atoms with Gasteiger partial charge in [-0.05, 0) is 55.2 Å². The smallest absolute Gasteiger partial charge is 0.284 e. The number of rotatable bonds is 5. The van der Waals surface area contributed by atoms with Gasteiger partial charge in [0, 0.05) is 25.7 Å². The Bertz CT molecular complexity index is 1120. The van der Waals surface area contributed by atoms with E-state index < -0.39 is 15.4 Å². The fraction of sp³-hybridized carbons (Fsp3) is 0.391. The Morgan fingerprint density at radius 1 is 1.10 bits per heavy atom. The minimum atomic E-state index is -3.88. The van der Waals surface area contributed by atoms with E-state index in [1.807, 2.05) is 11.9 Å². The summed E-state index contributed by atoms with van der Waals surface area (Å²) in [5, 5.41) is 2.87. The molecule has 0 radical (unpaired) electrons. The first-order valence-electron chi connectivity index (χ1n) is 10.5. The van der Waals surface area contributed by atoms with Crippen molar-refractivity contribution in [2.24, 2.45) is 4.40 Å². The first-order valence-corrected chi connectivity index (χ1v) is 12.0. The van der Waals surface area contributed by atoms with Gasteiger partial charge in [-0.3, -0.25) is 4.79 Å². The monoisotopic (exact) mass is 443 g/mol. The summed E-state index contributed by atoms with van der Waals surface area (Å²) in [6, 6.07) is 12.3. The van der Waals surface area contributed by atoms with Gasteiger partial charge in [0.2, 0.25) is 5.91 Å². The number of hydrogen-bond acceptors (Lipinski definition) is 3. The molecule has 1 saturated carbocycles. The van der Waals surface area contributed by atoms with Gasteiger partial charge in [-0.1, -0.05) is 31.0 Å². The van der Waals surface area contributed by atoms with Crippen LogP contribution in [0, 0.1) is 5.82 Å². The molecule has 0 atom stereocenters. The van der Waals surface area contributed by atoms with E-state index in [4.69, 9.17) is 0 Å². The number of nitrogens with zero attached hydrogens (tertiary/aromatic N) is 2. The zero-order valence-corrected chi connectivity index (χ0v) is 18.3. The minimum absolute atomic E-state index is 0.0318. The first kappa shape index (κ1) is 21.5. The number of benzene rings is 2. The molecule has 1 heterocycles. The molecule has 1 amide bonds. The lowest BCUT2D eigenvalue weighted by Gasteiger charge is -2.28. The summed E-state index contributed by atoms with van der Waals surface area (Å²) >= 11 is 0. The number of carbonyl (C=O) groups is 1. The number of nitrogens with one attached hydrogen (secondary N) is 1. The highest BCUT2D eigenvalue weighted by atomic mass is 32.2. The lowest BCUT2D eigenvalue weighted by Crippen LogP contribution is -2.38. The molecule has 164 valence electrons. The second-order valence-electron chi connectivity index (χ2n) is 8.29. The van der Waals surface area contributed by atoms with Crippen molar-refractivity contribution in [3.63, 3.8) is 0 Å². The van der Waals surface area contributed by atoms with Crippen LogP contribution in [-0.2, 0) is 20.2 Å². The lowest BCUT2D eigenvalue weighted by molar-refractivity contribution is -0.121. The van der Waals surface area contributed by atoms with Gasteiger partial charge in [0.25, 0.3) is 10.0 Å². The Kier molecular flexibility index (Phi) is 5.83. The Morgan fingerprint density at radius 3 is 2.52 bits per heavy atom. The van der Waals surface area contributed by atoms with Crippen molar-refractivity contribution in [1.29, 1.82) is 0 Å². The quantitative estimate of drug-likeness (QED) is 0.755. The van der Waals surface area contributed by atoms with E-state index in [-0.39, 0.29) is 16.6 Å². The van der Waals surface area contributed by atoms with Crippen LogP contribution in [0.25, 0.3) is 0 Å². The highest BCUT2D eigenvalue weighted by Crippen LogP contribution is 2.42. The Morgan fingerprint density at radius 2 is 1.84 bits per heavy atom. The van der Waals surface area contributed by atoms with E-state index in [2.05, 4.69) is 9.71 Å². The van der Waals surface area contributed by atoms with Crippen LogP contribution < -0.4 is 5.32 Å².